The Balaban J connectivity index is 2.27. The number of aldehydes is 1. The first kappa shape index (κ1) is 15.6. The lowest BCUT2D eigenvalue weighted by atomic mass is 9.94. The number of carbonyl (C=O) groups excluding carboxylic acids is 1. The predicted octanol–water partition coefficient (Wildman–Crippen LogP) is 5.55. The Morgan fingerprint density at radius 1 is 1.17 bits per heavy atom. The summed E-state index contributed by atoms with van der Waals surface area (Å²) >= 11 is 1.61. The number of hydrogen-bond acceptors (Lipinski definition) is 3. The Morgan fingerprint density at radius 3 is 2.48 bits per heavy atom. The second-order valence-corrected chi connectivity index (χ2v) is 6.56. The lowest BCUT2D eigenvalue weighted by Gasteiger charge is -2.15. The number of nitrogens with zero attached hydrogens (tertiary/aromatic N) is 1. The minimum Gasteiger partial charge on any atom is -0.298 e. The highest BCUT2D eigenvalue weighted by molar-refractivity contribution is 7.13. The van der Waals surface area contributed by atoms with Gasteiger partial charge in [0.2, 0.25) is 0 Å². The largest absolute Gasteiger partial charge is 0.298 e. The van der Waals surface area contributed by atoms with Crippen LogP contribution in [0, 0.1) is 5.82 Å². The van der Waals surface area contributed by atoms with Crippen molar-refractivity contribution in [3.63, 3.8) is 0 Å². The van der Waals surface area contributed by atoms with Gasteiger partial charge in [-0.15, -0.1) is 11.3 Å². The molecule has 0 unspecified atom stereocenters. The van der Waals surface area contributed by atoms with Gasteiger partial charge in [-0.2, -0.15) is 0 Å². The number of halogens is 1. The molecule has 0 N–H and O–H groups in total. The van der Waals surface area contributed by atoms with Gasteiger partial charge in [-0.25, -0.2) is 4.39 Å². The molecule has 0 aliphatic carbocycles. The van der Waals surface area contributed by atoms with Crippen molar-refractivity contribution in [1.82, 2.24) is 4.98 Å². The number of aromatic nitrogens is 1. The van der Waals surface area contributed by atoms with Gasteiger partial charge in [-0.1, -0.05) is 32.0 Å². The molecule has 3 rings (SSSR count). The number of pyridine rings is 1. The van der Waals surface area contributed by atoms with Crippen LogP contribution in [0.25, 0.3) is 21.7 Å². The summed E-state index contributed by atoms with van der Waals surface area (Å²) in [5.41, 5.74) is 3.79. The number of thiophene rings is 1. The van der Waals surface area contributed by atoms with Gasteiger partial charge in [-0.05, 0) is 46.7 Å². The van der Waals surface area contributed by atoms with E-state index in [9.17, 15) is 9.18 Å². The van der Waals surface area contributed by atoms with Crippen molar-refractivity contribution in [3.05, 3.63) is 64.9 Å². The van der Waals surface area contributed by atoms with Gasteiger partial charge >= 0.3 is 0 Å². The monoisotopic (exact) mass is 325 g/mol. The predicted molar refractivity (Wildman–Crippen MR) is 92.4 cm³/mol. The first-order chi connectivity index (χ1) is 11.1. The van der Waals surface area contributed by atoms with Crippen molar-refractivity contribution in [3.8, 4) is 21.7 Å². The van der Waals surface area contributed by atoms with Gasteiger partial charge in [0.05, 0.1) is 16.3 Å². The molecule has 116 valence electrons. The number of hydrogen-bond donors (Lipinski definition) is 0. The first-order valence-electron chi connectivity index (χ1n) is 7.40. The molecule has 0 aliphatic rings. The molecular weight excluding hydrogens is 309 g/mol. The lowest BCUT2D eigenvalue weighted by Crippen LogP contribution is -2.03. The van der Waals surface area contributed by atoms with Crippen LogP contribution >= 0.6 is 11.3 Å². The van der Waals surface area contributed by atoms with Crippen LogP contribution in [0.2, 0.25) is 0 Å². The average molecular weight is 325 g/mol. The fraction of sp³-hybridized carbons (Fsp3) is 0.158. The molecule has 23 heavy (non-hydrogen) atoms. The summed E-state index contributed by atoms with van der Waals surface area (Å²) < 4.78 is 13.2. The van der Waals surface area contributed by atoms with Crippen LogP contribution in [0.15, 0.2) is 47.8 Å². The molecule has 1 aromatic carbocycles. The summed E-state index contributed by atoms with van der Waals surface area (Å²) in [4.78, 5) is 17.4. The van der Waals surface area contributed by atoms with E-state index in [4.69, 9.17) is 4.98 Å². The van der Waals surface area contributed by atoms with Gasteiger partial charge < -0.3 is 0 Å². The van der Waals surface area contributed by atoms with Crippen LogP contribution in [-0.2, 0) is 0 Å². The maximum Gasteiger partial charge on any atom is 0.152 e. The molecule has 0 spiro atoms. The van der Waals surface area contributed by atoms with E-state index >= 15 is 0 Å². The number of benzene rings is 1. The molecule has 2 aromatic heterocycles. The third-order valence-electron chi connectivity index (χ3n) is 3.68. The SMILES string of the molecule is CC(C)c1nc(-c2cccs2)cc(-c2ccc(F)cc2)c1C=O. The second-order valence-electron chi connectivity index (χ2n) is 5.61. The van der Waals surface area contributed by atoms with E-state index in [2.05, 4.69) is 0 Å². The quantitative estimate of drug-likeness (QED) is 0.588. The van der Waals surface area contributed by atoms with Crippen molar-refractivity contribution < 1.29 is 9.18 Å². The molecule has 0 radical (unpaired) electrons. The zero-order valence-electron chi connectivity index (χ0n) is 12.9. The second kappa shape index (κ2) is 6.42. The summed E-state index contributed by atoms with van der Waals surface area (Å²) in [6.07, 6.45) is 0.846. The van der Waals surface area contributed by atoms with E-state index in [-0.39, 0.29) is 11.7 Å². The maximum absolute atomic E-state index is 13.2. The summed E-state index contributed by atoms with van der Waals surface area (Å²) in [5, 5.41) is 2.00. The molecule has 0 bridgehead atoms. The van der Waals surface area contributed by atoms with Crippen LogP contribution in [-0.4, -0.2) is 11.3 Å². The Hall–Kier alpha value is -2.33. The zero-order chi connectivity index (χ0) is 16.4. The molecule has 0 amide bonds. The lowest BCUT2D eigenvalue weighted by molar-refractivity contribution is 0.112. The van der Waals surface area contributed by atoms with Crippen molar-refractivity contribution in [1.29, 1.82) is 0 Å². The Bertz CT molecular complexity index is 823. The summed E-state index contributed by atoms with van der Waals surface area (Å²) in [7, 11) is 0. The van der Waals surface area contributed by atoms with Gasteiger partial charge in [0.15, 0.2) is 6.29 Å². The maximum atomic E-state index is 13.2. The molecule has 0 fully saturated rings. The Morgan fingerprint density at radius 2 is 1.91 bits per heavy atom. The summed E-state index contributed by atoms with van der Waals surface area (Å²) in [6, 6.07) is 12.1. The van der Waals surface area contributed by atoms with Gasteiger partial charge in [0, 0.05) is 5.56 Å². The smallest absolute Gasteiger partial charge is 0.152 e. The van der Waals surface area contributed by atoms with Crippen LogP contribution < -0.4 is 0 Å². The standard InChI is InChI=1S/C19H16FNOS/c1-12(2)19-16(11-22)15(13-5-7-14(20)8-6-13)10-17(21-19)18-4-3-9-23-18/h3-12H,1-2H3. The van der Waals surface area contributed by atoms with E-state index in [0.29, 0.717) is 5.56 Å². The molecule has 0 saturated carbocycles. The third kappa shape index (κ3) is 3.08. The molecule has 0 atom stereocenters. The first-order valence-corrected chi connectivity index (χ1v) is 8.28. The normalized spacial score (nSPS) is 11.0. The third-order valence-corrected chi connectivity index (χ3v) is 4.57. The minimum absolute atomic E-state index is 0.120. The van der Waals surface area contributed by atoms with Gasteiger partial charge in [0.1, 0.15) is 5.82 Å². The minimum atomic E-state index is -0.293. The summed E-state index contributed by atoms with van der Waals surface area (Å²) in [5.74, 6) is -0.174. The molecule has 3 aromatic rings. The van der Waals surface area contributed by atoms with Crippen LogP contribution in [0.3, 0.4) is 0 Å². The summed E-state index contributed by atoms with van der Waals surface area (Å²) in [6.45, 7) is 4.03. The molecule has 4 heteroatoms. The highest BCUT2D eigenvalue weighted by Crippen LogP contribution is 2.33. The van der Waals surface area contributed by atoms with Gasteiger partial charge in [0.25, 0.3) is 0 Å². The van der Waals surface area contributed by atoms with E-state index < -0.39 is 0 Å². The number of rotatable bonds is 4. The topological polar surface area (TPSA) is 30.0 Å². The average Bonchev–Trinajstić information content (AvgIpc) is 3.08. The Kier molecular flexibility index (Phi) is 4.35. The van der Waals surface area contributed by atoms with Gasteiger partial charge in [-0.3, -0.25) is 9.78 Å². The van der Waals surface area contributed by atoms with Crippen molar-refractivity contribution >= 4 is 17.6 Å². The van der Waals surface area contributed by atoms with Crippen molar-refractivity contribution in [2.45, 2.75) is 19.8 Å². The zero-order valence-corrected chi connectivity index (χ0v) is 13.7. The van der Waals surface area contributed by atoms with Crippen molar-refractivity contribution in [2.24, 2.45) is 0 Å². The highest BCUT2D eigenvalue weighted by Gasteiger charge is 2.17. The fourth-order valence-electron chi connectivity index (χ4n) is 2.56. The van der Waals surface area contributed by atoms with E-state index in [1.165, 1.54) is 12.1 Å². The fourth-order valence-corrected chi connectivity index (χ4v) is 3.24. The van der Waals surface area contributed by atoms with E-state index in [0.717, 1.165) is 33.7 Å². The van der Waals surface area contributed by atoms with Crippen LogP contribution in [0.1, 0.15) is 35.8 Å². The van der Waals surface area contributed by atoms with Crippen molar-refractivity contribution in [2.75, 3.05) is 0 Å². The molecule has 0 aliphatic heterocycles. The molecular formula is C19H16FNOS. The Labute approximate surface area is 138 Å². The van der Waals surface area contributed by atoms with E-state index in [1.54, 1.807) is 23.5 Å². The molecule has 0 saturated heterocycles. The molecule has 2 heterocycles. The van der Waals surface area contributed by atoms with Crippen LogP contribution in [0.5, 0.6) is 0 Å². The van der Waals surface area contributed by atoms with E-state index in [1.807, 2.05) is 37.4 Å². The number of carbonyl (C=O) groups is 1. The molecule has 2 nitrogen and oxygen atoms in total. The highest BCUT2D eigenvalue weighted by atomic mass is 32.1. The van der Waals surface area contributed by atoms with Crippen LogP contribution in [0.4, 0.5) is 4.39 Å².